The van der Waals surface area contributed by atoms with Crippen LogP contribution < -0.4 is 10.9 Å². The lowest BCUT2D eigenvalue weighted by atomic mass is 10.1. The molecule has 4 aromatic rings. The Balaban J connectivity index is 1.66. The van der Waals surface area contributed by atoms with E-state index in [4.69, 9.17) is 16.0 Å². The van der Waals surface area contributed by atoms with Crippen molar-refractivity contribution in [2.24, 2.45) is 0 Å². The van der Waals surface area contributed by atoms with Crippen LogP contribution in [0.1, 0.15) is 21.7 Å². The number of pyridine rings is 1. The molecule has 2 N–H and O–H groups in total. The highest BCUT2D eigenvalue weighted by Gasteiger charge is 2.32. The van der Waals surface area contributed by atoms with E-state index in [1.54, 1.807) is 36.4 Å². The van der Waals surface area contributed by atoms with Crippen LogP contribution in [0.5, 0.6) is 0 Å². The van der Waals surface area contributed by atoms with Gasteiger partial charge in [0.1, 0.15) is 11.3 Å². The van der Waals surface area contributed by atoms with Crippen molar-refractivity contribution in [1.29, 1.82) is 0 Å². The van der Waals surface area contributed by atoms with Crippen molar-refractivity contribution in [3.05, 3.63) is 93.1 Å². The summed E-state index contributed by atoms with van der Waals surface area (Å²) in [6, 6.07) is 14.7. The van der Waals surface area contributed by atoms with Crippen LogP contribution in [0.3, 0.4) is 0 Å². The number of hydrogen-bond donors (Lipinski definition) is 2. The number of H-pyrrole nitrogens is 1. The van der Waals surface area contributed by atoms with E-state index in [-0.39, 0.29) is 5.76 Å². The average Bonchev–Trinajstić information content (AvgIpc) is 3.13. The lowest BCUT2D eigenvalue weighted by molar-refractivity contribution is -0.137. The van der Waals surface area contributed by atoms with Crippen LogP contribution in [0.4, 0.5) is 18.9 Å². The third-order valence-corrected chi connectivity index (χ3v) is 5.87. The van der Waals surface area contributed by atoms with Gasteiger partial charge in [0, 0.05) is 32.8 Å². The summed E-state index contributed by atoms with van der Waals surface area (Å²) in [6.45, 7) is 0. The molecule has 0 aliphatic rings. The zero-order valence-corrected chi connectivity index (χ0v) is 17.7. The van der Waals surface area contributed by atoms with Gasteiger partial charge < -0.3 is 14.7 Å². The number of carbonyl (C=O) groups is 1. The minimum Gasteiger partial charge on any atom is -0.451 e. The molecule has 0 fully saturated rings. The summed E-state index contributed by atoms with van der Waals surface area (Å²) in [6.07, 6.45) is -4.13. The zero-order valence-electron chi connectivity index (χ0n) is 16.1. The van der Waals surface area contributed by atoms with Crippen molar-refractivity contribution in [2.75, 3.05) is 5.32 Å². The molecule has 0 unspecified atom stereocenters. The largest absolute Gasteiger partial charge is 0.451 e. The fourth-order valence-corrected chi connectivity index (χ4v) is 4.08. The average molecular weight is 479 g/mol. The maximum Gasteiger partial charge on any atom is 0.417 e. The highest BCUT2D eigenvalue weighted by atomic mass is 35.5. The van der Waals surface area contributed by atoms with Gasteiger partial charge in [0.05, 0.1) is 5.56 Å². The Morgan fingerprint density at radius 1 is 1.12 bits per heavy atom. The molecular formula is C22H14ClF3N2O3S. The molecule has 0 aliphatic carbocycles. The summed E-state index contributed by atoms with van der Waals surface area (Å²) < 4.78 is 44.7. The smallest absolute Gasteiger partial charge is 0.417 e. The standard InChI is InChI=1S/C22H14ClF3N2O3S/c23-13-5-7-14(8-6-13)32-11-16-15-3-1-2-4-18(15)31-19(16)21(30)28-17-9-12(22(24,25)26)10-27-20(17)29/h1-10H,11H2,(H,27,29)(H,28,30). The third kappa shape index (κ3) is 4.68. The topological polar surface area (TPSA) is 75.1 Å². The number of fused-ring (bicyclic) bond motifs is 1. The number of aromatic nitrogens is 1. The molecule has 0 spiro atoms. The predicted molar refractivity (Wildman–Crippen MR) is 117 cm³/mol. The number of nitrogens with one attached hydrogen (secondary N) is 2. The first-order chi connectivity index (χ1) is 15.2. The quantitative estimate of drug-likeness (QED) is 0.328. The molecule has 164 valence electrons. The van der Waals surface area contributed by atoms with E-state index in [0.29, 0.717) is 39.6 Å². The van der Waals surface area contributed by atoms with Crippen LogP contribution in [-0.4, -0.2) is 10.9 Å². The molecule has 2 aromatic heterocycles. The second-order valence-electron chi connectivity index (χ2n) is 6.73. The Kier molecular flexibility index (Phi) is 6.03. The number of anilines is 1. The molecular weight excluding hydrogens is 465 g/mol. The monoisotopic (exact) mass is 478 g/mol. The fraction of sp³-hybridized carbons (Fsp3) is 0.0909. The zero-order chi connectivity index (χ0) is 22.9. The summed E-state index contributed by atoms with van der Waals surface area (Å²) in [4.78, 5) is 27.8. The van der Waals surface area contributed by atoms with Crippen molar-refractivity contribution < 1.29 is 22.4 Å². The van der Waals surface area contributed by atoms with Crippen molar-refractivity contribution >= 4 is 45.9 Å². The molecule has 0 atom stereocenters. The Morgan fingerprint density at radius 3 is 2.56 bits per heavy atom. The van der Waals surface area contributed by atoms with Gasteiger partial charge in [-0.15, -0.1) is 11.8 Å². The van der Waals surface area contributed by atoms with Crippen molar-refractivity contribution in [3.63, 3.8) is 0 Å². The SMILES string of the molecule is O=C(Nc1cc(C(F)(F)F)c[nH]c1=O)c1oc2ccccc2c1CSc1ccc(Cl)cc1. The number of carbonyl (C=O) groups excluding carboxylic acids is 1. The number of aromatic amines is 1. The number of amides is 1. The van der Waals surface area contributed by atoms with Gasteiger partial charge in [-0.1, -0.05) is 29.8 Å². The van der Waals surface area contributed by atoms with Gasteiger partial charge in [-0.25, -0.2) is 0 Å². The van der Waals surface area contributed by atoms with Gasteiger partial charge in [0.25, 0.3) is 11.5 Å². The van der Waals surface area contributed by atoms with E-state index in [2.05, 4.69) is 5.32 Å². The summed E-state index contributed by atoms with van der Waals surface area (Å²) in [5, 5.41) is 3.53. The Labute approximate surface area is 188 Å². The second kappa shape index (κ2) is 8.76. The van der Waals surface area contributed by atoms with Gasteiger partial charge in [-0.05, 0) is 36.4 Å². The van der Waals surface area contributed by atoms with Crippen LogP contribution in [0.2, 0.25) is 5.02 Å². The van der Waals surface area contributed by atoms with E-state index in [1.807, 2.05) is 17.1 Å². The second-order valence-corrected chi connectivity index (χ2v) is 8.22. The summed E-state index contributed by atoms with van der Waals surface area (Å²) >= 11 is 7.34. The van der Waals surface area contributed by atoms with E-state index in [9.17, 15) is 22.8 Å². The van der Waals surface area contributed by atoms with Crippen molar-refractivity contribution in [3.8, 4) is 0 Å². The fourth-order valence-electron chi connectivity index (χ4n) is 3.03. The Bertz CT molecular complexity index is 1350. The Morgan fingerprint density at radius 2 is 1.84 bits per heavy atom. The van der Waals surface area contributed by atoms with Crippen LogP contribution >= 0.6 is 23.4 Å². The van der Waals surface area contributed by atoms with E-state index < -0.39 is 28.9 Å². The molecule has 2 heterocycles. The molecule has 32 heavy (non-hydrogen) atoms. The molecule has 0 aliphatic heterocycles. The highest BCUT2D eigenvalue weighted by Crippen LogP contribution is 2.33. The molecule has 0 bridgehead atoms. The molecule has 4 rings (SSSR count). The third-order valence-electron chi connectivity index (χ3n) is 4.58. The number of halogens is 4. The minimum absolute atomic E-state index is 0.0792. The van der Waals surface area contributed by atoms with E-state index in [0.717, 1.165) is 4.90 Å². The van der Waals surface area contributed by atoms with Gasteiger partial charge in [0.2, 0.25) is 0 Å². The van der Waals surface area contributed by atoms with E-state index in [1.165, 1.54) is 11.8 Å². The molecule has 0 radical (unpaired) electrons. The molecule has 5 nitrogen and oxygen atoms in total. The lowest BCUT2D eigenvalue weighted by Gasteiger charge is -2.09. The van der Waals surface area contributed by atoms with Crippen LogP contribution in [0.15, 0.2) is 74.9 Å². The Hall–Kier alpha value is -3.17. The first-order valence-electron chi connectivity index (χ1n) is 9.22. The predicted octanol–water partition coefficient (Wildman–Crippen LogP) is 6.34. The number of hydrogen-bond acceptors (Lipinski definition) is 4. The van der Waals surface area contributed by atoms with Crippen LogP contribution in [0.25, 0.3) is 11.0 Å². The lowest BCUT2D eigenvalue weighted by Crippen LogP contribution is -2.21. The molecule has 0 saturated heterocycles. The first kappa shape index (κ1) is 22.0. The summed E-state index contributed by atoms with van der Waals surface area (Å²) in [5.41, 5.74) is -1.47. The molecule has 1 amide bonds. The number of benzene rings is 2. The van der Waals surface area contributed by atoms with Gasteiger partial charge >= 0.3 is 6.18 Å². The van der Waals surface area contributed by atoms with Crippen molar-refractivity contribution in [1.82, 2.24) is 4.98 Å². The minimum atomic E-state index is -4.68. The van der Waals surface area contributed by atoms with Gasteiger partial charge in [-0.3, -0.25) is 9.59 Å². The summed E-state index contributed by atoms with van der Waals surface area (Å²) in [7, 11) is 0. The van der Waals surface area contributed by atoms with Crippen molar-refractivity contribution in [2.45, 2.75) is 16.8 Å². The van der Waals surface area contributed by atoms with E-state index >= 15 is 0 Å². The number of para-hydroxylation sites is 1. The first-order valence-corrected chi connectivity index (χ1v) is 10.6. The van der Waals surface area contributed by atoms with Gasteiger partial charge in [-0.2, -0.15) is 13.2 Å². The molecule has 0 saturated carbocycles. The van der Waals surface area contributed by atoms with Crippen LogP contribution in [-0.2, 0) is 11.9 Å². The number of furan rings is 1. The van der Waals surface area contributed by atoms with Gasteiger partial charge in [0.15, 0.2) is 5.76 Å². The van der Waals surface area contributed by atoms with Crippen LogP contribution in [0, 0.1) is 0 Å². The molecule has 10 heteroatoms. The number of thioether (sulfide) groups is 1. The number of alkyl halides is 3. The normalized spacial score (nSPS) is 11.6. The number of rotatable bonds is 5. The maximum absolute atomic E-state index is 13.0. The maximum atomic E-state index is 13.0. The molecule has 2 aromatic carbocycles. The summed E-state index contributed by atoms with van der Waals surface area (Å²) in [5.74, 6) is -0.553. The highest BCUT2D eigenvalue weighted by molar-refractivity contribution is 7.98.